The quantitative estimate of drug-likeness (QED) is 0.582. The second-order valence-corrected chi connectivity index (χ2v) is 6.75. The normalized spacial score (nSPS) is 13.6. The first-order valence-corrected chi connectivity index (χ1v) is 8.86. The van der Waals surface area contributed by atoms with Crippen LogP contribution in [0.5, 0.6) is 0 Å². The van der Waals surface area contributed by atoms with Gasteiger partial charge in [-0.1, -0.05) is 52.3 Å². The smallest absolute Gasteiger partial charge is 0.331 e. The molecule has 0 fully saturated rings. The molecule has 1 aliphatic heterocycles. The molecule has 2 aromatic rings. The third kappa shape index (κ3) is 4.79. The summed E-state index contributed by atoms with van der Waals surface area (Å²) in [6.45, 7) is 0.992. The van der Waals surface area contributed by atoms with E-state index in [9.17, 15) is 9.59 Å². The first-order valence-electron chi connectivity index (χ1n) is 8.07. The van der Waals surface area contributed by atoms with Gasteiger partial charge in [0.1, 0.15) is 0 Å². The topological polar surface area (TPSA) is 46.6 Å². The van der Waals surface area contributed by atoms with Crippen LogP contribution < -0.4 is 0 Å². The van der Waals surface area contributed by atoms with E-state index >= 15 is 0 Å². The maximum absolute atomic E-state index is 12.2. The van der Waals surface area contributed by atoms with Gasteiger partial charge in [-0.3, -0.25) is 4.79 Å². The fraction of sp³-hybridized carbons (Fsp3) is 0.200. The third-order valence-electron chi connectivity index (χ3n) is 4.08. The molecule has 128 valence electrons. The molecule has 0 saturated heterocycles. The van der Waals surface area contributed by atoms with Gasteiger partial charge in [-0.15, -0.1) is 0 Å². The molecule has 0 spiro atoms. The number of carbonyl (C=O) groups excluding carboxylic acids is 2. The minimum atomic E-state index is -0.522. The molecule has 0 aliphatic carbocycles. The highest BCUT2D eigenvalue weighted by molar-refractivity contribution is 9.10. The van der Waals surface area contributed by atoms with Crippen LogP contribution in [-0.4, -0.2) is 29.9 Å². The van der Waals surface area contributed by atoms with Crippen LogP contribution in [0, 0.1) is 0 Å². The lowest BCUT2D eigenvalue weighted by molar-refractivity contribution is -0.148. The molecule has 0 unspecified atom stereocenters. The van der Waals surface area contributed by atoms with Gasteiger partial charge in [-0.2, -0.15) is 0 Å². The molecule has 1 aliphatic rings. The number of hydrogen-bond acceptors (Lipinski definition) is 3. The molecule has 0 N–H and O–H groups in total. The number of halogens is 1. The van der Waals surface area contributed by atoms with Crippen molar-refractivity contribution >= 4 is 33.9 Å². The van der Waals surface area contributed by atoms with Gasteiger partial charge in [-0.25, -0.2) is 4.79 Å². The number of carbonyl (C=O) groups is 2. The van der Waals surface area contributed by atoms with Crippen molar-refractivity contribution in [3.63, 3.8) is 0 Å². The second-order valence-electron chi connectivity index (χ2n) is 5.83. The second kappa shape index (κ2) is 8.12. The Bertz CT molecular complexity index is 816. The van der Waals surface area contributed by atoms with E-state index < -0.39 is 5.97 Å². The number of amides is 1. The lowest BCUT2D eigenvalue weighted by Crippen LogP contribution is -2.38. The van der Waals surface area contributed by atoms with Crippen LogP contribution in [0.3, 0.4) is 0 Å². The van der Waals surface area contributed by atoms with Gasteiger partial charge in [0.2, 0.25) is 0 Å². The van der Waals surface area contributed by atoms with Crippen LogP contribution in [0.25, 0.3) is 6.08 Å². The Morgan fingerprint density at radius 1 is 1.12 bits per heavy atom. The van der Waals surface area contributed by atoms with Crippen molar-refractivity contribution < 1.29 is 14.3 Å². The number of nitrogens with zero attached hydrogens (tertiary/aromatic N) is 1. The Balaban J connectivity index is 1.50. The number of ether oxygens (including phenoxy) is 1. The van der Waals surface area contributed by atoms with E-state index in [-0.39, 0.29) is 12.5 Å². The first kappa shape index (κ1) is 17.4. The van der Waals surface area contributed by atoms with Gasteiger partial charge >= 0.3 is 5.97 Å². The fourth-order valence-corrected chi connectivity index (χ4v) is 3.17. The van der Waals surface area contributed by atoms with E-state index in [0.29, 0.717) is 13.1 Å². The van der Waals surface area contributed by atoms with Gasteiger partial charge in [0.15, 0.2) is 6.61 Å². The molecule has 25 heavy (non-hydrogen) atoms. The van der Waals surface area contributed by atoms with E-state index in [0.717, 1.165) is 22.0 Å². The zero-order chi connectivity index (χ0) is 17.6. The molecular formula is C20H18BrNO3. The van der Waals surface area contributed by atoms with Gasteiger partial charge in [0.05, 0.1) is 0 Å². The van der Waals surface area contributed by atoms with E-state index in [2.05, 4.69) is 22.0 Å². The molecular weight excluding hydrogens is 382 g/mol. The lowest BCUT2D eigenvalue weighted by atomic mass is 10.00. The van der Waals surface area contributed by atoms with Gasteiger partial charge < -0.3 is 9.64 Å². The van der Waals surface area contributed by atoms with E-state index in [1.54, 1.807) is 11.0 Å². The summed E-state index contributed by atoms with van der Waals surface area (Å²) in [7, 11) is 0. The van der Waals surface area contributed by atoms with Crippen molar-refractivity contribution in [1.82, 2.24) is 4.90 Å². The highest BCUT2D eigenvalue weighted by atomic mass is 79.9. The zero-order valence-corrected chi connectivity index (χ0v) is 15.2. The minimum Gasteiger partial charge on any atom is -0.452 e. The summed E-state index contributed by atoms with van der Waals surface area (Å²) in [5.41, 5.74) is 3.31. The molecule has 0 bridgehead atoms. The monoisotopic (exact) mass is 399 g/mol. The Morgan fingerprint density at radius 3 is 2.72 bits per heavy atom. The van der Waals surface area contributed by atoms with Crippen molar-refractivity contribution in [2.45, 2.75) is 13.0 Å². The van der Waals surface area contributed by atoms with Crippen molar-refractivity contribution in [3.8, 4) is 0 Å². The molecule has 1 heterocycles. The molecule has 5 heteroatoms. The average molecular weight is 400 g/mol. The minimum absolute atomic E-state index is 0.168. The Hall–Kier alpha value is -2.40. The summed E-state index contributed by atoms with van der Waals surface area (Å²) in [5, 5.41) is 0. The van der Waals surface area contributed by atoms with Gasteiger partial charge in [0.25, 0.3) is 5.91 Å². The number of hydrogen-bond donors (Lipinski definition) is 0. The van der Waals surface area contributed by atoms with Crippen molar-refractivity contribution in [2.75, 3.05) is 13.2 Å². The van der Waals surface area contributed by atoms with Crippen LogP contribution in [0.4, 0.5) is 0 Å². The highest BCUT2D eigenvalue weighted by Gasteiger charge is 2.20. The predicted molar refractivity (Wildman–Crippen MR) is 99.7 cm³/mol. The Morgan fingerprint density at radius 2 is 1.92 bits per heavy atom. The highest BCUT2D eigenvalue weighted by Crippen LogP contribution is 2.18. The number of fused-ring (bicyclic) bond motifs is 1. The lowest BCUT2D eigenvalue weighted by Gasteiger charge is -2.28. The predicted octanol–water partition coefficient (Wildman–Crippen LogP) is 3.59. The molecule has 3 rings (SSSR count). The van der Waals surface area contributed by atoms with Crippen LogP contribution >= 0.6 is 15.9 Å². The van der Waals surface area contributed by atoms with E-state index in [1.165, 1.54) is 11.6 Å². The van der Waals surface area contributed by atoms with E-state index in [4.69, 9.17) is 4.74 Å². The standard InChI is InChI=1S/C20H18BrNO3/c21-18-7-3-4-15(12-18)8-9-20(24)25-14-19(23)22-11-10-16-5-1-2-6-17(16)13-22/h1-9,12H,10-11,13-14H2/b9-8+. The summed E-state index contributed by atoms with van der Waals surface area (Å²) in [6.07, 6.45) is 3.83. The number of esters is 1. The number of rotatable bonds is 4. The average Bonchev–Trinajstić information content (AvgIpc) is 2.64. The Kier molecular flexibility index (Phi) is 5.66. The summed E-state index contributed by atoms with van der Waals surface area (Å²) >= 11 is 3.37. The molecule has 0 aromatic heterocycles. The summed E-state index contributed by atoms with van der Waals surface area (Å²) in [6, 6.07) is 15.7. The fourth-order valence-electron chi connectivity index (χ4n) is 2.76. The molecule has 4 nitrogen and oxygen atoms in total. The molecule has 0 radical (unpaired) electrons. The summed E-state index contributed by atoms with van der Waals surface area (Å²) in [4.78, 5) is 25.8. The van der Waals surface area contributed by atoms with Crippen LogP contribution in [0.15, 0.2) is 59.1 Å². The maximum atomic E-state index is 12.2. The van der Waals surface area contributed by atoms with Crippen molar-refractivity contribution in [2.24, 2.45) is 0 Å². The molecule has 1 amide bonds. The SMILES string of the molecule is O=C(/C=C/c1cccc(Br)c1)OCC(=O)N1CCc2ccccc2C1. The van der Waals surface area contributed by atoms with Crippen molar-refractivity contribution in [3.05, 3.63) is 75.8 Å². The number of benzene rings is 2. The largest absolute Gasteiger partial charge is 0.452 e. The Labute approximate surface area is 155 Å². The van der Waals surface area contributed by atoms with Gasteiger partial charge in [-0.05, 0) is 41.3 Å². The zero-order valence-electron chi connectivity index (χ0n) is 13.7. The van der Waals surface area contributed by atoms with Crippen LogP contribution in [0.1, 0.15) is 16.7 Å². The summed E-state index contributed by atoms with van der Waals surface area (Å²) < 4.78 is 6.00. The van der Waals surface area contributed by atoms with Crippen LogP contribution in [0.2, 0.25) is 0 Å². The van der Waals surface area contributed by atoms with Crippen LogP contribution in [-0.2, 0) is 27.3 Å². The van der Waals surface area contributed by atoms with Gasteiger partial charge in [0, 0.05) is 23.6 Å². The van der Waals surface area contributed by atoms with E-state index in [1.807, 2.05) is 42.5 Å². The third-order valence-corrected chi connectivity index (χ3v) is 4.58. The maximum Gasteiger partial charge on any atom is 0.331 e. The molecule has 0 saturated carbocycles. The first-order chi connectivity index (χ1) is 12.1. The molecule has 2 aromatic carbocycles. The van der Waals surface area contributed by atoms with Crippen molar-refractivity contribution in [1.29, 1.82) is 0 Å². The summed E-state index contributed by atoms with van der Waals surface area (Å²) in [5.74, 6) is -0.690. The molecule has 0 atom stereocenters.